The van der Waals surface area contributed by atoms with Crippen molar-refractivity contribution in [1.29, 1.82) is 0 Å². The van der Waals surface area contributed by atoms with E-state index in [1.165, 1.54) is 36.4 Å². The smallest absolute Gasteiger partial charge is 0.172 e. The van der Waals surface area contributed by atoms with Crippen LogP contribution in [0.1, 0.15) is 5.56 Å². The van der Waals surface area contributed by atoms with Gasteiger partial charge in [-0.3, -0.25) is 0 Å². The van der Waals surface area contributed by atoms with Crippen LogP contribution in [0.15, 0.2) is 54.6 Å². The van der Waals surface area contributed by atoms with Gasteiger partial charge in [0.25, 0.3) is 0 Å². The number of halogens is 5. The molecule has 0 spiro atoms. The van der Waals surface area contributed by atoms with Crippen LogP contribution in [-0.2, 0) is 30.4 Å². The van der Waals surface area contributed by atoms with Crippen LogP contribution in [0.5, 0.6) is 0 Å². The molecule has 0 aliphatic carbocycles. The first-order valence-corrected chi connectivity index (χ1v) is 6.40. The standard InChI is InChI=1S/C7H4F3.C5H5.CH2.2ClH.Zr/c8-7(9,10)6-4-2-1-3-5-6;1-2-4-5-3-1;;;;/h1-2,4-5H;1-5H;1H2;2*1H;/q2*-1;;;;+2/p-2. The summed E-state index contributed by atoms with van der Waals surface area (Å²) >= 11 is 1.30. The molecule has 0 saturated heterocycles. The first kappa shape index (κ1) is 23.8. The van der Waals surface area contributed by atoms with Gasteiger partial charge in [0, 0.05) is 0 Å². The van der Waals surface area contributed by atoms with Crippen LogP contribution in [0.25, 0.3) is 0 Å². The Morgan fingerprint density at radius 3 is 1.79 bits per heavy atom. The zero-order chi connectivity index (χ0) is 13.1. The summed E-state index contributed by atoms with van der Waals surface area (Å²) in [5.41, 5.74) is -0.657. The summed E-state index contributed by atoms with van der Waals surface area (Å²) in [7, 11) is 0. The van der Waals surface area contributed by atoms with Gasteiger partial charge in [0.05, 0.1) is 0 Å². The summed E-state index contributed by atoms with van der Waals surface area (Å²) in [4.78, 5) is 0. The van der Waals surface area contributed by atoms with E-state index in [1.54, 1.807) is 0 Å². The molecular formula is C13H11Cl2F3Zr-2. The fraction of sp³-hybridized carbons (Fsp3) is 0.0769. The Bertz CT molecular complexity index is 357. The van der Waals surface area contributed by atoms with E-state index in [4.69, 9.17) is 0 Å². The van der Waals surface area contributed by atoms with Crippen molar-refractivity contribution in [3.8, 4) is 0 Å². The van der Waals surface area contributed by atoms with Gasteiger partial charge < -0.3 is 24.8 Å². The molecule has 0 aliphatic heterocycles. The fourth-order valence-corrected chi connectivity index (χ4v) is 0.890. The van der Waals surface area contributed by atoms with E-state index in [-0.39, 0.29) is 24.8 Å². The molecule has 0 atom stereocenters. The number of benzene rings is 1. The minimum Gasteiger partial charge on any atom is -1.00 e. The molecule has 19 heavy (non-hydrogen) atoms. The van der Waals surface area contributed by atoms with Gasteiger partial charge in [-0.15, -0.1) is 0 Å². The van der Waals surface area contributed by atoms with E-state index in [2.05, 4.69) is 10.3 Å². The summed E-state index contributed by atoms with van der Waals surface area (Å²) in [5.74, 6) is 0. The summed E-state index contributed by atoms with van der Waals surface area (Å²) in [6, 6.07) is 17.0. The van der Waals surface area contributed by atoms with E-state index in [1.807, 2.05) is 30.3 Å². The van der Waals surface area contributed by atoms with Gasteiger partial charge in [-0.25, -0.2) is 12.1 Å². The largest absolute Gasteiger partial charge is 1.00 e. The molecule has 0 aliphatic rings. The zero-order valence-electron chi connectivity index (χ0n) is 9.79. The zero-order valence-corrected chi connectivity index (χ0v) is 13.8. The minimum absolute atomic E-state index is 0. The molecule has 0 radical (unpaired) electrons. The van der Waals surface area contributed by atoms with Crippen LogP contribution < -0.4 is 24.8 Å². The second-order valence-corrected chi connectivity index (χ2v) is 2.75. The van der Waals surface area contributed by atoms with Gasteiger partial charge in [0.2, 0.25) is 0 Å². The average Bonchev–Trinajstić information content (AvgIpc) is 2.90. The molecule has 2 aromatic carbocycles. The molecule has 2 aromatic rings. The molecule has 0 amide bonds. The predicted octanol–water partition coefficient (Wildman–Crippen LogP) is -2.12. The maximum atomic E-state index is 11.8. The molecule has 0 unspecified atom stereocenters. The summed E-state index contributed by atoms with van der Waals surface area (Å²) in [6.45, 7) is 0. The van der Waals surface area contributed by atoms with Crippen LogP contribution in [0.3, 0.4) is 0 Å². The predicted molar refractivity (Wildman–Crippen MR) is 59.4 cm³/mol. The van der Waals surface area contributed by atoms with Crippen molar-refractivity contribution in [2.45, 2.75) is 6.18 Å². The molecule has 0 heterocycles. The maximum Gasteiger partial charge on any atom is -0.172 e. The average molecular weight is 386 g/mol. The van der Waals surface area contributed by atoms with Gasteiger partial charge in [-0.1, -0.05) is 5.56 Å². The van der Waals surface area contributed by atoms with Crippen LogP contribution in [-0.4, -0.2) is 4.21 Å². The van der Waals surface area contributed by atoms with Gasteiger partial charge in [0.15, 0.2) is 0 Å². The van der Waals surface area contributed by atoms with Crippen molar-refractivity contribution in [2.75, 3.05) is 0 Å². The molecule has 0 saturated carbocycles. The van der Waals surface area contributed by atoms with Gasteiger partial charge in [0.1, 0.15) is 0 Å². The van der Waals surface area contributed by atoms with Crippen LogP contribution in [0.2, 0.25) is 0 Å². The van der Waals surface area contributed by atoms with Crippen LogP contribution in [0.4, 0.5) is 13.2 Å². The van der Waals surface area contributed by atoms with E-state index in [0.717, 1.165) is 12.1 Å². The number of hydrogen-bond acceptors (Lipinski definition) is 0. The Morgan fingerprint density at radius 2 is 1.58 bits per heavy atom. The molecule has 0 aromatic heterocycles. The first-order valence-electron chi connectivity index (χ1n) is 4.66. The summed E-state index contributed by atoms with van der Waals surface area (Å²) < 4.78 is 38.6. The fourth-order valence-electron chi connectivity index (χ4n) is 0.890. The maximum absolute atomic E-state index is 11.8. The summed E-state index contributed by atoms with van der Waals surface area (Å²) in [5, 5.41) is 0. The van der Waals surface area contributed by atoms with E-state index in [0.29, 0.717) is 0 Å². The third-order valence-electron chi connectivity index (χ3n) is 1.59. The Hall–Kier alpha value is -0.307. The monoisotopic (exact) mass is 384 g/mol. The first-order chi connectivity index (χ1) is 8.11. The van der Waals surface area contributed by atoms with Crippen LogP contribution >= 0.6 is 0 Å². The van der Waals surface area contributed by atoms with Crippen molar-refractivity contribution in [3.63, 3.8) is 0 Å². The van der Waals surface area contributed by atoms with Gasteiger partial charge in [-0.2, -0.15) is 61.7 Å². The second-order valence-electron chi connectivity index (χ2n) is 2.75. The molecule has 104 valence electrons. The molecule has 2 rings (SSSR count). The van der Waals surface area contributed by atoms with Crippen molar-refractivity contribution < 1.29 is 62.2 Å². The van der Waals surface area contributed by atoms with Crippen molar-refractivity contribution in [2.24, 2.45) is 0 Å². The Kier molecular flexibility index (Phi) is 17.6. The van der Waals surface area contributed by atoms with E-state index in [9.17, 15) is 13.2 Å². The van der Waals surface area contributed by atoms with Gasteiger partial charge in [-0.05, 0) is 0 Å². The molecule has 0 fully saturated rings. The number of rotatable bonds is 0. The molecule has 0 bridgehead atoms. The topological polar surface area (TPSA) is 0 Å². The second kappa shape index (κ2) is 14.1. The summed E-state index contributed by atoms with van der Waals surface area (Å²) in [6.07, 6.45) is -4.24. The normalized spacial score (nSPS) is 8.47. The minimum atomic E-state index is -4.24. The molecule has 6 heteroatoms. The number of alkyl halides is 3. The third-order valence-corrected chi connectivity index (χ3v) is 1.59. The number of hydrogen-bond donors (Lipinski definition) is 0. The molecular weight excluding hydrogens is 375 g/mol. The van der Waals surface area contributed by atoms with Crippen LogP contribution in [0, 0.1) is 6.07 Å². The van der Waals surface area contributed by atoms with Crippen molar-refractivity contribution in [1.82, 2.24) is 0 Å². The van der Waals surface area contributed by atoms with E-state index < -0.39 is 11.7 Å². The third kappa shape index (κ3) is 12.5. The van der Waals surface area contributed by atoms with Gasteiger partial charge >= 0.3 is 34.6 Å². The van der Waals surface area contributed by atoms with E-state index >= 15 is 0 Å². The Morgan fingerprint density at radius 1 is 1.05 bits per heavy atom. The Labute approximate surface area is 138 Å². The van der Waals surface area contributed by atoms with Crippen molar-refractivity contribution >= 4 is 4.21 Å². The Balaban J connectivity index is -0.000000244. The SMILES string of the molecule is FC(F)(F)c1c[c-]ccc1.[CH2]=[Zr+2].[Cl-].[Cl-].c1cc[cH-]c1. The van der Waals surface area contributed by atoms with Crippen molar-refractivity contribution in [3.05, 3.63) is 66.2 Å². The molecule has 0 N–H and O–H groups in total. The molecule has 0 nitrogen and oxygen atoms in total. The quantitative estimate of drug-likeness (QED) is 0.455.